The lowest BCUT2D eigenvalue weighted by Gasteiger charge is -2.32. The Morgan fingerprint density at radius 3 is 2.91 bits per heavy atom. The molecule has 0 saturated carbocycles. The normalized spacial score (nSPS) is 26.5. The molecule has 4 nitrogen and oxygen atoms in total. The number of benzene rings is 1. The van der Waals surface area contributed by atoms with Crippen LogP contribution < -0.4 is 0 Å². The molecule has 124 valence electrons. The Hall–Kier alpha value is -0.910. The molecule has 2 fully saturated rings. The molecule has 2 aliphatic rings. The molecule has 2 heterocycles. The highest BCUT2D eigenvalue weighted by molar-refractivity contribution is 8.01. The Bertz CT molecular complexity index is 669. The molecule has 3 rings (SSSR count). The second-order valence-corrected chi connectivity index (χ2v) is 8.54. The summed E-state index contributed by atoms with van der Waals surface area (Å²) in [7, 11) is 1.74. The van der Waals surface area contributed by atoms with E-state index in [9.17, 15) is 9.59 Å². The summed E-state index contributed by atoms with van der Waals surface area (Å²) in [6, 6.07) is 4.87. The molecular formula is C16H18Cl2N2O2S. The summed E-state index contributed by atoms with van der Waals surface area (Å²) in [5.74, 6) is 0.691. The number of hydrogen-bond acceptors (Lipinski definition) is 3. The van der Waals surface area contributed by atoms with Gasteiger partial charge in [-0.2, -0.15) is 0 Å². The number of rotatable bonds is 3. The molecule has 0 bridgehead atoms. The summed E-state index contributed by atoms with van der Waals surface area (Å²) >= 11 is 13.8. The molecule has 2 atom stereocenters. The predicted octanol–water partition coefficient (Wildman–Crippen LogP) is 3.41. The Morgan fingerprint density at radius 1 is 1.48 bits per heavy atom. The Kier molecular flexibility index (Phi) is 4.55. The first-order chi connectivity index (χ1) is 10.8. The van der Waals surface area contributed by atoms with Crippen LogP contribution in [0.2, 0.25) is 10.0 Å². The van der Waals surface area contributed by atoms with Crippen LogP contribution in [0.5, 0.6) is 0 Å². The van der Waals surface area contributed by atoms with E-state index in [1.165, 1.54) is 0 Å². The van der Waals surface area contributed by atoms with E-state index in [-0.39, 0.29) is 22.7 Å². The number of hydrogen-bond donors (Lipinski definition) is 0. The van der Waals surface area contributed by atoms with Crippen molar-refractivity contribution in [1.82, 2.24) is 9.80 Å². The fourth-order valence-electron chi connectivity index (χ4n) is 3.24. The highest BCUT2D eigenvalue weighted by Gasteiger charge is 2.53. The summed E-state index contributed by atoms with van der Waals surface area (Å²) in [5.41, 5.74) is 0.841. The van der Waals surface area contributed by atoms with Gasteiger partial charge in [0.2, 0.25) is 11.8 Å². The third-order valence-corrected chi connectivity index (χ3v) is 6.62. The molecule has 0 aliphatic carbocycles. The predicted molar refractivity (Wildman–Crippen MR) is 93.7 cm³/mol. The average molecular weight is 373 g/mol. The fraction of sp³-hybridized carbons (Fsp3) is 0.500. The summed E-state index contributed by atoms with van der Waals surface area (Å²) in [6.45, 7) is 2.45. The number of carbonyl (C=O) groups is 2. The van der Waals surface area contributed by atoms with Crippen LogP contribution in [0.3, 0.4) is 0 Å². The van der Waals surface area contributed by atoms with E-state index in [2.05, 4.69) is 0 Å². The van der Waals surface area contributed by atoms with Crippen molar-refractivity contribution in [2.24, 2.45) is 0 Å². The van der Waals surface area contributed by atoms with Crippen LogP contribution in [0.1, 0.15) is 25.3 Å². The first-order valence-electron chi connectivity index (χ1n) is 7.47. The second kappa shape index (κ2) is 6.19. The van der Waals surface area contributed by atoms with Gasteiger partial charge in [-0.3, -0.25) is 9.59 Å². The summed E-state index contributed by atoms with van der Waals surface area (Å²) < 4.78 is 0. The maximum absolute atomic E-state index is 12.8. The highest BCUT2D eigenvalue weighted by atomic mass is 35.5. The lowest BCUT2D eigenvalue weighted by atomic mass is 10.1. The number of thioether (sulfide) groups is 1. The van der Waals surface area contributed by atoms with Gasteiger partial charge in [0.25, 0.3) is 0 Å². The van der Waals surface area contributed by atoms with Gasteiger partial charge in [-0.05, 0) is 31.0 Å². The zero-order valence-electron chi connectivity index (χ0n) is 13.0. The third kappa shape index (κ3) is 3.06. The van der Waals surface area contributed by atoms with Gasteiger partial charge in [0.15, 0.2) is 0 Å². The monoisotopic (exact) mass is 372 g/mol. The SMILES string of the molecule is CN(Cc1ccc(Cl)cc1Cl)C(=O)[C@H]1CS[C@]2(C)CCC(=O)N12. The average Bonchev–Trinajstić information content (AvgIpc) is 2.98. The molecule has 2 amide bonds. The van der Waals surface area contributed by atoms with Crippen LogP contribution in [-0.2, 0) is 16.1 Å². The van der Waals surface area contributed by atoms with Gasteiger partial charge in [-0.15, -0.1) is 11.8 Å². The summed E-state index contributed by atoms with van der Waals surface area (Å²) in [4.78, 5) is 28.2. The van der Waals surface area contributed by atoms with Gasteiger partial charge >= 0.3 is 0 Å². The maximum atomic E-state index is 12.8. The molecule has 1 aromatic carbocycles. The third-order valence-electron chi connectivity index (χ3n) is 4.53. The van der Waals surface area contributed by atoms with Crippen LogP contribution in [0.4, 0.5) is 0 Å². The lowest BCUT2D eigenvalue weighted by molar-refractivity contribution is -0.143. The largest absolute Gasteiger partial charge is 0.340 e. The van der Waals surface area contributed by atoms with Crippen molar-refractivity contribution in [1.29, 1.82) is 0 Å². The first kappa shape index (κ1) is 16.9. The highest BCUT2D eigenvalue weighted by Crippen LogP contribution is 2.47. The molecule has 1 aromatic rings. The van der Waals surface area contributed by atoms with Gasteiger partial charge in [-0.1, -0.05) is 29.3 Å². The van der Waals surface area contributed by atoms with Crippen LogP contribution in [0.25, 0.3) is 0 Å². The Labute approximate surface area is 150 Å². The van der Waals surface area contributed by atoms with Gasteiger partial charge in [-0.25, -0.2) is 0 Å². The topological polar surface area (TPSA) is 40.6 Å². The van der Waals surface area contributed by atoms with E-state index >= 15 is 0 Å². The van der Waals surface area contributed by atoms with Gasteiger partial charge in [0.05, 0.1) is 4.87 Å². The van der Waals surface area contributed by atoms with Crippen molar-refractivity contribution >= 4 is 46.8 Å². The molecule has 0 spiro atoms. The number of amides is 2. The van der Waals surface area contributed by atoms with E-state index in [1.54, 1.807) is 40.7 Å². The summed E-state index contributed by atoms with van der Waals surface area (Å²) in [5, 5.41) is 1.11. The molecule has 23 heavy (non-hydrogen) atoms. The number of likely N-dealkylation sites (N-methyl/N-ethyl adjacent to an activating group) is 1. The van der Waals surface area contributed by atoms with Crippen LogP contribution in [0.15, 0.2) is 18.2 Å². The van der Waals surface area contributed by atoms with E-state index in [0.717, 1.165) is 12.0 Å². The molecule has 0 unspecified atom stereocenters. The fourth-order valence-corrected chi connectivity index (χ4v) is 5.13. The number of nitrogens with zero attached hydrogens (tertiary/aromatic N) is 2. The smallest absolute Gasteiger partial charge is 0.246 e. The van der Waals surface area contributed by atoms with Crippen LogP contribution in [-0.4, -0.2) is 45.3 Å². The molecule has 7 heteroatoms. The molecule has 2 aliphatic heterocycles. The minimum Gasteiger partial charge on any atom is -0.340 e. The maximum Gasteiger partial charge on any atom is 0.246 e. The molecule has 0 N–H and O–H groups in total. The number of fused-ring (bicyclic) bond motifs is 1. The minimum atomic E-state index is -0.379. The van der Waals surface area contributed by atoms with Gasteiger partial charge in [0, 0.05) is 35.8 Å². The molecular weight excluding hydrogens is 355 g/mol. The van der Waals surface area contributed by atoms with E-state index < -0.39 is 0 Å². The van der Waals surface area contributed by atoms with Gasteiger partial charge in [0.1, 0.15) is 6.04 Å². The van der Waals surface area contributed by atoms with Crippen LogP contribution in [0, 0.1) is 0 Å². The standard InChI is InChI=1S/C16H18Cl2N2O2S/c1-16-6-5-14(21)20(16)13(9-23-16)15(22)19(2)8-10-3-4-11(17)7-12(10)18/h3-4,7,13H,5-6,8-9H2,1-2H3/t13-,16-/m1/s1. The Morgan fingerprint density at radius 2 is 2.22 bits per heavy atom. The van der Waals surface area contributed by atoms with Crippen molar-refractivity contribution in [2.75, 3.05) is 12.8 Å². The first-order valence-corrected chi connectivity index (χ1v) is 9.21. The number of halogens is 2. The molecule has 0 radical (unpaired) electrons. The van der Waals surface area contributed by atoms with Gasteiger partial charge < -0.3 is 9.80 Å². The number of carbonyl (C=O) groups excluding carboxylic acids is 2. The van der Waals surface area contributed by atoms with Crippen molar-refractivity contribution in [2.45, 2.75) is 37.2 Å². The van der Waals surface area contributed by atoms with Crippen molar-refractivity contribution in [3.63, 3.8) is 0 Å². The Balaban J connectivity index is 1.74. The second-order valence-electron chi connectivity index (χ2n) is 6.20. The van der Waals surface area contributed by atoms with Crippen molar-refractivity contribution in [3.05, 3.63) is 33.8 Å². The zero-order chi connectivity index (χ0) is 16.8. The molecule has 0 aromatic heterocycles. The zero-order valence-corrected chi connectivity index (χ0v) is 15.3. The van der Waals surface area contributed by atoms with Crippen molar-refractivity contribution in [3.8, 4) is 0 Å². The van der Waals surface area contributed by atoms with Crippen molar-refractivity contribution < 1.29 is 9.59 Å². The quantitative estimate of drug-likeness (QED) is 0.816. The van der Waals surface area contributed by atoms with E-state index in [1.807, 2.05) is 13.0 Å². The van der Waals surface area contributed by atoms with Crippen LogP contribution >= 0.6 is 35.0 Å². The summed E-state index contributed by atoms with van der Waals surface area (Å²) in [6.07, 6.45) is 1.34. The minimum absolute atomic E-state index is 0.0394. The van der Waals surface area contributed by atoms with E-state index in [4.69, 9.17) is 23.2 Å². The lowest BCUT2D eigenvalue weighted by Crippen LogP contribution is -2.50. The van der Waals surface area contributed by atoms with E-state index in [0.29, 0.717) is 28.8 Å². The molecule has 2 saturated heterocycles.